The van der Waals surface area contributed by atoms with E-state index in [0.717, 1.165) is 180 Å². The molecule has 0 saturated carbocycles. The van der Waals surface area contributed by atoms with Gasteiger partial charge in [-0.2, -0.15) is 0 Å². The highest BCUT2D eigenvalue weighted by Gasteiger charge is 2.24. The summed E-state index contributed by atoms with van der Waals surface area (Å²) in [7, 11) is 2.17. The fourth-order valence-corrected chi connectivity index (χ4v) is 8.27. The highest BCUT2D eigenvalue weighted by Crippen LogP contribution is 2.33. The Bertz CT molecular complexity index is 1120. The number of hydrogen-bond donors (Lipinski definition) is 0. The fourth-order valence-electron chi connectivity index (χ4n) is 8.27. The molecule has 0 aromatic carbocycles. The third kappa shape index (κ3) is 24.9. The number of nitrogens with zero attached hydrogens (tertiary/aromatic N) is 2. The first kappa shape index (κ1) is 49.6. The zero-order valence-electron chi connectivity index (χ0n) is 36.3. The van der Waals surface area contributed by atoms with Crippen molar-refractivity contribution in [2.75, 3.05) is 59.6 Å². The number of carbonyl (C=O) groups is 3. The first-order chi connectivity index (χ1) is 27.4. The number of esters is 3. The number of piperazine rings is 1. The van der Waals surface area contributed by atoms with Crippen LogP contribution < -0.4 is 0 Å². The largest absolute Gasteiger partial charge is 0.466 e. The van der Waals surface area contributed by atoms with Crippen molar-refractivity contribution in [3.63, 3.8) is 0 Å². The van der Waals surface area contributed by atoms with E-state index < -0.39 is 0 Å². The van der Waals surface area contributed by atoms with Gasteiger partial charge in [0.2, 0.25) is 0 Å². The lowest BCUT2D eigenvalue weighted by atomic mass is 9.79. The van der Waals surface area contributed by atoms with Gasteiger partial charge in [0.05, 0.1) is 19.8 Å². The van der Waals surface area contributed by atoms with Gasteiger partial charge in [-0.3, -0.25) is 14.4 Å². The van der Waals surface area contributed by atoms with Crippen molar-refractivity contribution in [1.82, 2.24) is 9.80 Å². The zero-order valence-corrected chi connectivity index (χ0v) is 36.3. The van der Waals surface area contributed by atoms with Gasteiger partial charge >= 0.3 is 17.9 Å². The Kier molecular flexibility index (Phi) is 29.5. The topological polar surface area (TPSA) is 85.4 Å². The average Bonchev–Trinajstić information content (AvgIpc) is 3.18. The van der Waals surface area contributed by atoms with E-state index in [-0.39, 0.29) is 29.7 Å². The van der Waals surface area contributed by atoms with Crippen molar-refractivity contribution in [2.24, 2.45) is 17.8 Å². The lowest BCUT2D eigenvalue weighted by molar-refractivity contribution is -0.145. The first-order valence-corrected chi connectivity index (χ1v) is 23.1. The summed E-state index contributed by atoms with van der Waals surface area (Å²) in [6, 6.07) is 0. The van der Waals surface area contributed by atoms with Gasteiger partial charge in [-0.1, -0.05) is 115 Å². The summed E-state index contributed by atoms with van der Waals surface area (Å²) in [6.45, 7) is 14.9. The predicted octanol–water partition coefficient (Wildman–Crippen LogP) is 10.9. The Morgan fingerprint density at radius 1 is 0.714 bits per heavy atom. The number of cyclic esters (lactones) is 2. The van der Waals surface area contributed by atoms with Crippen LogP contribution in [0.4, 0.5) is 0 Å². The van der Waals surface area contributed by atoms with Crippen LogP contribution in [0.2, 0.25) is 0 Å². The minimum atomic E-state index is -0.112. The van der Waals surface area contributed by atoms with Crippen LogP contribution in [-0.4, -0.2) is 87.3 Å². The fraction of sp³-hybridized carbons (Fsp3) is 0.833. The van der Waals surface area contributed by atoms with E-state index in [2.05, 4.69) is 54.5 Å². The maximum atomic E-state index is 12.9. The quantitative estimate of drug-likeness (QED) is 0.0745. The number of rotatable bonds is 14. The highest BCUT2D eigenvalue weighted by atomic mass is 16.5. The van der Waals surface area contributed by atoms with Crippen LogP contribution >= 0.6 is 0 Å². The normalized spacial score (nSPS) is 23.2. The van der Waals surface area contributed by atoms with Gasteiger partial charge in [-0.15, -0.1) is 0 Å². The smallest absolute Gasteiger partial charge is 0.306 e. The lowest BCUT2D eigenvalue weighted by Crippen LogP contribution is -2.44. The summed E-state index contributed by atoms with van der Waals surface area (Å²) in [5.41, 5.74) is 10.4. The SMILES string of the molecule is C=C=C=C=C1C(CCCCC)CCOC(=O)CCCCCCCC(CC(=O)OCCCN2CCN(C)CC2)CCCCCCCC(=O)OCCC1CCCCC. The Morgan fingerprint density at radius 2 is 1.23 bits per heavy atom. The molecule has 0 aromatic heterocycles. The molecule has 2 aliphatic heterocycles. The van der Waals surface area contributed by atoms with Gasteiger partial charge in [-0.25, -0.2) is 0 Å². The molecule has 0 radical (unpaired) electrons. The van der Waals surface area contributed by atoms with E-state index in [1.54, 1.807) is 0 Å². The average molecular weight is 783 g/mol. The van der Waals surface area contributed by atoms with Crippen LogP contribution in [0.15, 0.2) is 29.3 Å². The van der Waals surface area contributed by atoms with E-state index >= 15 is 0 Å². The van der Waals surface area contributed by atoms with Crippen molar-refractivity contribution >= 4 is 17.9 Å². The van der Waals surface area contributed by atoms with E-state index in [1.165, 1.54) is 5.57 Å². The summed E-state index contributed by atoms with van der Waals surface area (Å²) in [5.74, 6) is 0.502. The Balaban J connectivity index is 1.98. The Hall–Kier alpha value is -2.59. The number of allylic oxidation sites excluding steroid dienone is 1. The molecule has 2 saturated heterocycles. The maximum Gasteiger partial charge on any atom is 0.306 e. The molecular weight excluding hydrogens is 701 g/mol. The van der Waals surface area contributed by atoms with Crippen LogP contribution in [-0.2, 0) is 28.6 Å². The van der Waals surface area contributed by atoms with Gasteiger partial charge in [-0.05, 0) is 100 Å². The Labute approximate surface area is 342 Å². The number of ether oxygens (including phenoxy) is 3. The molecule has 2 fully saturated rings. The molecule has 0 aromatic rings. The second kappa shape index (κ2) is 33.4. The minimum Gasteiger partial charge on any atom is -0.466 e. The maximum absolute atomic E-state index is 12.9. The van der Waals surface area contributed by atoms with Crippen LogP contribution in [0.5, 0.6) is 0 Å². The summed E-state index contributed by atoms with van der Waals surface area (Å²) in [5, 5.41) is 0. The lowest BCUT2D eigenvalue weighted by Gasteiger charge is -2.32. The van der Waals surface area contributed by atoms with Crippen molar-refractivity contribution in [3.05, 3.63) is 29.3 Å². The van der Waals surface area contributed by atoms with Crippen LogP contribution in [0.1, 0.15) is 181 Å². The molecule has 0 spiro atoms. The van der Waals surface area contributed by atoms with Crippen LogP contribution in [0.25, 0.3) is 0 Å². The van der Waals surface area contributed by atoms with E-state index in [1.807, 2.05) is 0 Å². The van der Waals surface area contributed by atoms with Crippen LogP contribution in [0, 0.1) is 17.8 Å². The third-order valence-corrected chi connectivity index (χ3v) is 11.9. The predicted molar refractivity (Wildman–Crippen MR) is 228 cm³/mol. The van der Waals surface area contributed by atoms with Crippen molar-refractivity contribution < 1.29 is 28.6 Å². The molecule has 320 valence electrons. The summed E-state index contributed by atoms with van der Waals surface area (Å²) < 4.78 is 17.3. The molecule has 2 unspecified atom stereocenters. The molecule has 2 aliphatic rings. The van der Waals surface area contributed by atoms with E-state index in [9.17, 15) is 14.4 Å². The number of unbranched alkanes of at least 4 members (excludes halogenated alkanes) is 4. The Morgan fingerprint density at radius 3 is 1.75 bits per heavy atom. The standard InChI is InChI=1S/C48H82N2O6/c1-5-8-17-26-43-31-39-55-46(51)29-21-15-11-13-19-24-42(41-48(53)54-38-23-33-50-36-34-49(4)35-37-50)25-20-14-12-16-22-30-47(52)56-40-32-44(27-18-9-6-2)45(43)28-10-7-3/h42-44H,3,5-6,8-9,11-27,29-41H2,1-2,4H3. The number of hydrogen-bond acceptors (Lipinski definition) is 8. The zero-order chi connectivity index (χ0) is 40.5. The van der Waals surface area contributed by atoms with Crippen molar-refractivity contribution in [2.45, 2.75) is 181 Å². The van der Waals surface area contributed by atoms with Crippen molar-refractivity contribution in [3.8, 4) is 0 Å². The van der Waals surface area contributed by atoms with Gasteiger partial charge in [0.25, 0.3) is 0 Å². The van der Waals surface area contributed by atoms with Gasteiger partial charge in [0, 0.05) is 52.0 Å². The molecular formula is C48H82N2O6. The molecule has 2 heterocycles. The molecule has 0 N–H and O–H groups in total. The minimum absolute atomic E-state index is 0.0538. The molecule has 2 rings (SSSR count). The second-order valence-electron chi connectivity index (χ2n) is 16.7. The monoisotopic (exact) mass is 783 g/mol. The number of carbonyl (C=O) groups excluding carboxylic acids is 3. The second-order valence-corrected chi connectivity index (χ2v) is 16.7. The highest BCUT2D eigenvalue weighted by molar-refractivity contribution is 5.70. The summed E-state index contributed by atoms with van der Waals surface area (Å²) in [4.78, 5) is 43.3. The molecule has 2 atom stereocenters. The summed E-state index contributed by atoms with van der Waals surface area (Å²) in [6.07, 6.45) is 25.1. The molecule has 8 heteroatoms. The molecule has 56 heavy (non-hydrogen) atoms. The van der Waals surface area contributed by atoms with Crippen molar-refractivity contribution in [1.29, 1.82) is 0 Å². The number of likely N-dealkylation sites (N-methyl/N-ethyl adjacent to an activating group) is 1. The summed E-state index contributed by atoms with van der Waals surface area (Å²) >= 11 is 0. The first-order valence-electron chi connectivity index (χ1n) is 23.1. The van der Waals surface area contributed by atoms with Gasteiger partial charge in [0.15, 0.2) is 0 Å². The van der Waals surface area contributed by atoms with E-state index in [4.69, 9.17) is 14.2 Å². The van der Waals surface area contributed by atoms with Crippen LogP contribution in [0.3, 0.4) is 0 Å². The third-order valence-electron chi connectivity index (χ3n) is 11.9. The van der Waals surface area contributed by atoms with E-state index in [0.29, 0.717) is 45.0 Å². The molecule has 0 bridgehead atoms. The van der Waals surface area contributed by atoms with Gasteiger partial charge in [0.1, 0.15) is 0 Å². The molecule has 0 aliphatic carbocycles. The van der Waals surface area contributed by atoms with Gasteiger partial charge < -0.3 is 24.0 Å². The molecule has 0 amide bonds. The molecule has 8 nitrogen and oxygen atoms in total.